The van der Waals surface area contributed by atoms with Crippen LogP contribution in [0, 0.1) is 0 Å². The fraction of sp³-hybridized carbons (Fsp3) is 0.286. The van der Waals surface area contributed by atoms with Crippen LogP contribution in [0.3, 0.4) is 0 Å². The predicted octanol–water partition coefficient (Wildman–Crippen LogP) is 3.14. The molecule has 0 spiro atoms. The summed E-state index contributed by atoms with van der Waals surface area (Å²) in [6, 6.07) is 5.43. The summed E-state index contributed by atoms with van der Waals surface area (Å²) in [7, 11) is 0. The molecule has 1 atom stereocenters. The lowest BCUT2D eigenvalue weighted by atomic mass is 10.1. The number of hydrogen-bond acceptors (Lipinski definition) is 5. The van der Waals surface area contributed by atoms with E-state index in [0.29, 0.717) is 17.2 Å². The molecule has 5 heteroatoms. The van der Waals surface area contributed by atoms with Gasteiger partial charge in [0.15, 0.2) is 5.78 Å². The molecule has 0 aliphatic heterocycles. The summed E-state index contributed by atoms with van der Waals surface area (Å²) in [5.41, 5.74) is 7.86. The summed E-state index contributed by atoms with van der Waals surface area (Å²) >= 11 is 1.66. The number of ketones is 1. The first-order valence-electron chi connectivity index (χ1n) is 6.11. The molecule has 1 heterocycles. The van der Waals surface area contributed by atoms with Crippen LogP contribution in [0.15, 0.2) is 29.8 Å². The quantitative estimate of drug-likeness (QED) is 0.649. The van der Waals surface area contributed by atoms with Gasteiger partial charge in [-0.1, -0.05) is 6.92 Å². The van der Waals surface area contributed by atoms with Gasteiger partial charge >= 0.3 is 0 Å². The number of Topliss-reactive ketones (excluding diaryl/α,β-unsaturated/α-hetero) is 1. The molecule has 0 saturated heterocycles. The topological polar surface area (TPSA) is 68.0 Å². The third-order valence-electron chi connectivity index (χ3n) is 2.92. The molecule has 0 fully saturated rings. The summed E-state index contributed by atoms with van der Waals surface area (Å²) in [6.07, 6.45) is 1.82. The number of carbonyl (C=O) groups is 1. The lowest BCUT2D eigenvalue weighted by molar-refractivity contribution is 0.101. The van der Waals surface area contributed by atoms with Gasteiger partial charge in [0.2, 0.25) is 0 Å². The van der Waals surface area contributed by atoms with Gasteiger partial charge in [-0.3, -0.25) is 4.79 Å². The fourth-order valence-electron chi connectivity index (χ4n) is 1.83. The molecule has 0 amide bonds. The highest BCUT2D eigenvalue weighted by molar-refractivity contribution is 7.09. The zero-order valence-electron chi connectivity index (χ0n) is 11.0. The van der Waals surface area contributed by atoms with Crippen LogP contribution in [0.4, 0.5) is 11.4 Å². The number of rotatable bonds is 5. The highest BCUT2D eigenvalue weighted by atomic mass is 32.1. The van der Waals surface area contributed by atoms with Crippen molar-refractivity contribution in [3.05, 3.63) is 40.3 Å². The summed E-state index contributed by atoms with van der Waals surface area (Å²) in [6.45, 7) is 4.43. The molecule has 0 saturated carbocycles. The van der Waals surface area contributed by atoms with E-state index in [1.165, 1.54) is 6.92 Å². The summed E-state index contributed by atoms with van der Waals surface area (Å²) in [5, 5.41) is 6.40. The Morgan fingerprint density at radius 1 is 1.53 bits per heavy atom. The minimum Gasteiger partial charge on any atom is -0.398 e. The van der Waals surface area contributed by atoms with Gasteiger partial charge in [-0.25, -0.2) is 4.98 Å². The number of nitrogens with zero attached hydrogens (tertiary/aromatic N) is 1. The molecule has 1 unspecified atom stereocenters. The normalized spacial score (nSPS) is 12.1. The third kappa shape index (κ3) is 3.32. The number of thiazole rings is 1. The number of nitrogens with one attached hydrogen (secondary N) is 1. The second-order valence-electron chi connectivity index (χ2n) is 4.51. The van der Waals surface area contributed by atoms with Gasteiger partial charge in [0, 0.05) is 41.0 Å². The van der Waals surface area contributed by atoms with Crippen LogP contribution in [0.5, 0.6) is 0 Å². The van der Waals surface area contributed by atoms with E-state index in [4.69, 9.17) is 5.73 Å². The minimum absolute atomic E-state index is 0.0137. The van der Waals surface area contributed by atoms with Crippen molar-refractivity contribution < 1.29 is 4.79 Å². The Morgan fingerprint density at radius 2 is 2.32 bits per heavy atom. The van der Waals surface area contributed by atoms with Crippen molar-refractivity contribution in [3.63, 3.8) is 0 Å². The molecule has 3 N–H and O–H groups in total. The smallest absolute Gasteiger partial charge is 0.161 e. The first-order chi connectivity index (χ1) is 9.08. The third-order valence-corrected chi connectivity index (χ3v) is 3.92. The van der Waals surface area contributed by atoms with E-state index in [-0.39, 0.29) is 5.78 Å². The van der Waals surface area contributed by atoms with Crippen LogP contribution in [-0.2, 0) is 0 Å². The van der Waals surface area contributed by atoms with E-state index in [9.17, 15) is 4.79 Å². The van der Waals surface area contributed by atoms with Crippen molar-refractivity contribution >= 4 is 28.5 Å². The van der Waals surface area contributed by atoms with Gasteiger partial charge in [-0.05, 0) is 25.1 Å². The standard InChI is InChI=1S/C14H17N3OS/c1-9(14-16-5-6-19-14)8-17-11-3-4-12(10(2)18)13(15)7-11/h3-7,9,17H,8,15H2,1-2H3. The molecule has 2 rings (SSSR count). The zero-order chi connectivity index (χ0) is 13.8. The van der Waals surface area contributed by atoms with E-state index in [1.807, 2.05) is 17.6 Å². The Bertz CT molecular complexity index is 566. The first-order valence-corrected chi connectivity index (χ1v) is 6.99. The maximum Gasteiger partial charge on any atom is 0.161 e. The van der Waals surface area contributed by atoms with Crippen molar-refractivity contribution in [2.24, 2.45) is 0 Å². The number of nitrogen functional groups attached to an aromatic ring is 1. The average Bonchev–Trinajstić information content (AvgIpc) is 2.89. The first kappa shape index (κ1) is 13.5. The van der Waals surface area contributed by atoms with Gasteiger partial charge in [0.25, 0.3) is 0 Å². The average molecular weight is 275 g/mol. The minimum atomic E-state index is -0.0137. The van der Waals surface area contributed by atoms with Crippen molar-refractivity contribution in [3.8, 4) is 0 Å². The lowest BCUT2D eigenvalue weighted by Gasteiger charge is -2.12. The SMILES string of the molecule is CC(=O)c1ccc(NCC(C)c2nccs2)cc1N. The van der Waals surface area contributed by atoms with E-state index < -0.39 is 0 Å². The lowest BCUT2D eigenvalue weighted by Crippen LogP contribution is -2.10. The molecular weight excluding hydrogens is 258 g/mol. The Morgan fingerprint density at radius 3 is 2.89 bits per heavy atom. The molecular formula is C14H17N3OS. The van der Waals surface area contributed by atoms with Crippen LogP contribution in [-0.4, -0.2) is 17.3 Å². The number of anilines is 2. The Labute approximate surface area is 116 Å². The van der Waals surface area contributed by atoms with Gasteiger partial charge in [-0.15, -0.1) is 11.3 Å². The zero-order valence-corrected chi connectivity index (χ0v) is 11.8. The second kappa shape index (κ2) is 5.84. The summed E-state index contributed by atoms with van der Waals surface area (Å²) in [4.78, 5) is 15.6. The molecule has 0 bridgehead atoms. The molecule has 1 aromatic heterocycles. The molecule has 2 aromatic rings. The van der Waals surface area contributed by atoms with Crippen molar-refractivity contribution in [2.75, 3.05) is 17.6 Å². The van der Waals surface area contributed by atoms with Crippen molar-refractivity contribution in [1.29, 1.82) is 0 Å². The van der Waals surface area contributed by atoms with Crippen LogP contribution in [0.25, 0.3) is 0 Å². The molecule has 0 radical (unpaired) electrons. The van der Waals surface area contributed by atoms with Gasteiger partial charge in [-0.2, -0.15) is 0 Å². The Kier molecular flexibility index (Phi) is 4.16. The molecule has 4 nitrogen and oxygen atoms in total. The van der Waals surface area contributed by atoms with Crippen molar-refractivity contribution in [1.82, 2.24) is 4.98 Å². The number of nitrogens with two attached hydrogens (primary N) is 1. The highest BCUT2D eigenvalue weighted by Crippen LogP contribution is 2.21. The van der Waals surface area contributed by atoms with Crippen LogP contribution in [0.2, 0.25) is 0 Å². The Hall–Kier alpha value is -1.88. The van der Waals surface area contributed by atoms with Crippen molar-refractivity contribution in [2.45, 2.75) is 19.8 Å². The fourth-order valence-corrected chi connectivity index (χ4v) is 2.53. The van der Waals surface area contributed by atoms with Gasteiger partial charge in [0.1, 0.15) is 0 Å². The van der Waals surface area contributed by atoms with Crippen LogP contribution < -0.4 is 11.1 Å². The second-order valence-corrected chi connectivity index (χ2v) is 5.44. The van der Waals surface area contributed by atoms with Crippen LogP contribution >= 0.6 is 11.3 Å². The van der Waals surface area contributed by atoms with Gasteiger partial charge in [0.05, 0.1) is 5.01 Å². The number of aromatic nitrogens is 1. The van der Waals surface area contributed by atoms with E-state index in [0.717, 1.165) is 17.2 Å². The summed E-state index contributed by atoms with van der Waals surface area (Å²) < 4.78 is 0. The van der Waals surface area contributed by atoms with E-state index in [2.05, 4.69) is 17.2 Å². The van der Waals surface area contributed by atoms with E-state index >= 15 is 0 Å². The maximum absolute atomic E-state index is 11.3. The number of hydrogen-bond donors (Lipinski definition) is 2. The monoisotopic (exact) mass is 275 g/mol. The van der Waals surface area contributed by atoms with Crippen LogP contribution in [0.1, 0.15) is 35.1 Å². The molecule has 100 valence electrons. The highest BCUT2D eigenvalue weighted by Gasteiger charge is 2.09. The molecule has 0 aliphatic carbocycles. The molecule has 0 aliphatic rings. The molecule has 1 aromatic carbocycles. The van der Waals surface area contributed by atoms with Gasteiger partial charge < -0.3 is 11.1 Å². The molecule has 19 heavy (non-hydrogen) atoms. The number of carbonyl (C=O) groups excluding carboxylic acids is 1. The Balaban J connectivity index is 2.00. The predicted molar refractivity (Wildman–Crippen MR) is 79.9 cm³/mol. The number of benzene rings is 1. The maximum atomic E-state index is 11.3. The van der Waals surface area contributed by atoms with E-state index in [1.54, 1.807) is 23.5 Å². The largest absolute Gasteiger partial charge is 0.398 e. The summed E-state index contributed by atoms with van der Waals surface area (Å²) in [5.74, 6) is 0.328.